The van der Waals surface area contributed by atoms with Gasteiger partial charge in [-0.3, -0.25) is 0 Å². The Labute approximate surface area is 379 Å². The van der Waals surface area contributed by atoms with Crippen LogP contribution in [0.4, 0.5) is 68.2 Å². The first-order chi connectivity index (χ1) is 32.3. The molecule has 0 unspecified atom stereocenters. The van der Waals surface area contributed by atoms with Gasteiger partial charge in [0.15, 0.2) is 5.58 Å². The van der Waals surface area contributed by atoms with E-state index in [4.69, 9.17) is 4.42 Å². The van der Waals surface area contributed by atoms with Gasteiger partial charge in [0, 0.05) is 73.3 Å². The van der Waals surface area contributed by atoms with Crippen molar-refractivity contribution in [2.75, 3.05) is 19.6 Å². The summed E-state index contributed by atoms with van der Waals surface area (Å²) in [5.41, 5.74) is 13.9. The molecule has 11 rings (SSSR count). The van der Waals surface area contributed by atoms with Crippen LogP contribution in [0.5, 0.6) is 0 Å². The van der Waals surface area contributed by atoms with Crippen molar-refractivity contribution in [3.8, 4) is 0 Å². The lowest BCUT2D eigenvalue weighted by Gasteiger charge is -2.31. The summed E-state index contributed by atoms with van der Waals surface area (Å²) < 4.78 is 7.13. The van der Waals surface area contributed by atoms with E-state index in [1.165, 1.54) is 0 Å². The maximum Gasteiger partial charge on any atom is 0.159 e. The molecule has 0 aliphatic rings. The monoisotopic (exact) mass is 836 g/mol. The van der Waals surface area contributed by atoms with Crippen LogP contribution in [0.1, 0.15) is 0 Å². The molecule has 0 bridgehead atoms. The minimum Gasteiger partial charge on any atom is -0.454 e. The van der Waals surface area contributed by atoms with Gasteiger partial charge in [-0.2, -0.15) is 0 Å². The summed E-state index contributed by atoms with van der Waals surface area (Å²) in [5.74, 6) is 0. The summed E-state index contributed by atoms with van der Waals surface area (Å²) in [6.45, 7) is 0. The maximum absolute atomic E-state index is 7.13. The highest BCUT2D eigenvalue weighted by atomic mass is 16.3. The minimum absolute atomic E-state index is 0.783. The van der Waals surface area contributed by atoms with E-state index in [-0.39, 0.29) is 0 Å². The van der Waals surface area contributed by atoms with Crippen LogP contribution in [0.3, 0.4) is 0 Å². The van der Waals surface area contributed by atoms with E-state index >= 15 is 0 Å². The molecule has 0 N–H and O–H groups in total. The van der Waals surface area contributed by atoms with Crippen LogP contribution in [0.2, 0.25) is 0 Å². The second-order valence-corrected chi connectivity index (χ2v) is 15.8. The van der Waals surface area contributed by atoms with Crippen molar-refractivity contribution in [3.05, 3.63) is 267 Å². The Morgan fingerprint density at radius 1 is 0.215 bits per heavy atom. The first kappa shape index (κ1) is 39.1. The summed E-state index contributed by atoms with van der Waals surface area (Å²) in [7, 11) is 0. The highest BCUT2D eigenvalue weighted by Crippen LogP contribution is 2.49. The third-order valence-electron chi connectivity index (χ3n) is 11.7. The fourth-order valence-corrected chi connectivity index (χ4v) is 8.85. The van der Waals surface area contributed by atoms with Crippen molar-refractivity contribution in [2.24, 2.45) is 0 Å². The Balaban J connectivity index is 1.18. The number of nitrogens with zero attached hydrogens (tertiary/aromatic N) is 4. The molecular formula is C60H44N4O. The first-order valence-corrected chi connectivity index (χ1v) is 21.9. The quantitative estimate of drug-likeness (QED) is 0.122. The molecule has 0 aliphatic heterocycles. The molecule has 0 atom stereocenters. The molecule has 0 amide bonds. The zero-order chi connectivity index (χ0) is 43.4. The van der Waals surface area contributed by atoms with E-state index in [1.807, 2.05) is 0 Å². The molecule has 0 aliphatic carbocycles. The van der Waals surface area contributed by atoms with Crippen molar-refractivity contribution in [2.45, 2.75) is 0 Å². The van der Waals surface area contributed by atoms with E-state index in [1.54, 1.807) is 0 Å². The molecule has 10 aromatic carbocycles. The molecule has 0 saturated carbocycles. The van der Waals surface area contributed by atoms with Gasteiger partial charge in [-0.1, -0.05) is 133 Å². The third-order valence-corrected chi connectivity index (χ3v) is 11.7. The lowest BCUT2D eigenvalue weighted by molar-refractivity contribution is 0.669. The van der Waals surface area contributed by atoms with Crippen LogP contribution >= 0.6 is 0 Å². The van der Waals surface area contributed by atoms with E-state index < -0.39 is 0 Å². The van der Waals surface area contributed by atoms with Crippen LogP contribution in [-0.4, -0.2) is 0 Å². The topological polar surface area (TPSA) is 26.1 Å². The van der Waals surface area contributed by atoms with E-state index in [0.717, 1.165) is 90.2 Å². The normalized spacial score (nSPS) is 11.1. The fourth-order valence-electron chi connectivity index (χ4n) is 8.85. The fraction of sp³-hybridized carbons (Fsp3) is 0. The maximum atomic E-state index is 7.13. The van der Waals surface area contributed by atoms with Gasteiger partial charge in [-0.15, -0.1) is 0 Å². The van der Waals surface area contributed by atoms with Gasteiger partial charge in [0.05, 0.1) is 5.69 Å². The minimum atomic E-state index is 0.783. The molecule has 0 radical (unpaired) electrons. The Bertz CT molecular complexity index is 3190. The van der Waals surface area contributed by atoms with Crippen LogP contribution in [-0.2, 0) is 0 Å². The van der Waals surface area contributed by atoms with Gasteiger partial charge in [-0.05, 0) is 133 Å². The van der Waals surface area contributed by atoms with Crippen molar-refractivity contribution < 1.29 is 4.42 Å². The number of para-hydroxylation sites is 7. The van der Waals surface area contributed by atoms with Gasteiger partial charge < -0.3 is 24.0 Å². The van der Waals surface area contributed by atoms with Crippen LogP contribution in [0.15, 0.2) is 271 Å². The van der Waals surface area contributed by atoms with E-state index in [9.17, 15) is 0 Å². The SMILES string of the molecule is c1ccc(N(c2ccccc2)c2cccc(N(c3ccccc3)c3cc(N(c4ccccc4)c4ccccc4)cc4c3oc3ccc(N(c5ccccc5)c5ccccc5)cc34)c2)cc1. The van der Waals surface area contributed by atoms with Crippen molar-refractivity contribution in [1.29, 1.82) is 0 Å². The number of rotatable bonds is 12. The molecule has 11 aromatic rings. The lowest BCUT2D eigenvalue weighted by atomic mass is 10.1. The summed E-state index contributed by atoms with van der Waals surface area (Å²) in [6.07, 6.45) is 0. The van der Waals surface area contributed by atoms with Crippen molar-refractivity contribution >= 4 is 90.2 Å². The van der Waals surface area contributed by atoms with Crippen molar-refractivity contribution in [3.63, 3.8) is 0 Å². The van der Waals surface area contributed by atoms with Gasteiger partial charge in [0.1, 0.15) is 5.58 Å². The van der Waals surface area contributed by atoms with Gasteiger partial charge in [0.2, 0.25) is 0 Å². The Morgan fingerprint density at radius 2 is 0.523 bits per heavy atom. The molecule has 0 fully saturated rings. The number of benzene rings is 10. The summed E-state index contributed by atoms with van der Waals surface area (Å²) in [6, 6.07) is 93.9. The number of hydrogen-bond donors (Lipinski definition) is 0. The molecule has 5 nitrogen and oxygen atoms in total. The zero-order valence-corrected chi connectivity index (χ0v) is 35.6. The second kappa shape index (κ2) is 17.5. The highest BCUT2D eigenvalue weighted by Gasteiger charge is 2.25. The standard InChI is InChI=1S/C60H44N4O/c1-8-23-45(24-9-1)61(46-25-10-2-11-26-46)52-37-22-38-53(41-52)64(51-35-20-7-21-36-51)58-44-55(63(49-31-16-5-17-32-49)50-33-18-6-19-34-50)43-57-56-42-54(39-40-59(56)65-60(57)58)62(47-27-12-3-13-28-47)48-29-14-4-15-30-48/h1-44H. The average Bonchev–Trinajstić information content (AvgIpc) is 3.75. The summed E-state index contributed by atoms with van der Waals surface area (Å²) in [5, 5.41) is 2.01. The number of anilines is 12. The number of fused-ring (bicyclic) bond motifs is 3. The number of hydrogen-bond acceptors (Lipinski definition) is 5. The molecule has 310 valence electrons. The van der Waals surface area contributed by atoms with Crippen molar-refractivity contribution in [1.82, 2.24) is 0 Å². The first-order valence-electron chi connectivity index (χ1n) is 21.9. The summed E-state index contributed by atoms with van der Waals surface area (Å²) in [4.78, 5) is 9.27. The van der Waals surface area contributed by atoms with Gasteiger partial charge in [0.25, 0.3) is 0 Å². The van der Waals surface area contributed by atoms with Gasteiger partial charge >= 0.3 is 0 Å². The molecule has 65 heavy (non-hydrogen) atoms. The lowest BCUT2D eigenvalue weighted by Crippen LogP contribution is -2.14. The van der Waals surface area contributed by atoms with Crippen LogP contribution < -0.4 is 19.6 Å². The molecule has 0 spiro atoms. The Morgan fingerprint density at radius 3 is 0.923 bits per heavy atom. The third kappa shape index (κ3) is 7.73. The predicted molar refractivity (Wildman–Crippen MR) is 272 cm³/mol. The van der Waals surface area contributed by atoms with Crippen LogP contribution in [0.25, 0.3) is 21.9 Å². The zero-order valence-electron chi connectivity index (χ0n) is 35.6. The van der Waals surface area contributed by atoms with Crippen LogP contribution in [0, 0.1) is 0 Å². The Kier molecular flexibility index (Phi) is 10.5. The predicted octanol–water partition coefficient (Wildman–Crippen LogP) is 17.5. The second-order valence-electron chi connectivity index (χ2n) is 15.8. The molecule has 1 heterocycles. The van der Waals surface area contributed by atoms with Gasteiger partial charge in [-0.25, -0.2) is 0 Å². The number of furan rings is 1. The van der Waals surface area contributed by atoms with E-state index in [2.05, 4.69) is 287 Å². The largest absolute Gasteiger partial charge is 0.454 e. The molecule has 1 aromatic heterocycles. The molecule has 5 heteroatoms. The smallest absolute Gasteiger partial charge is 0.159 e. The summed E-state index contributed by atoms with van der Waals surface area (Å²) >= 11 is 0. The van der Waals surface area contributed by atoms with E-state index in [0.29, 0.717) is 0 Å². The average molecular weight is 837 g/mol. The molecule has 0 saturated heterocycles. The Hall–Kier alpha value is -8.80. The highest BCUT2D eigenvalue weighted by molar-refractivity contribution is 6.13. The molecular weight excluding hydrogens is 793 g/mol.